The molecule has 1 unspecified atom stereocenters. The molecule has 1 aliphatic heterocycles. The zero-order valence-corrected chi connectivity index (χ0v) is 17.4. The van der Waals surface area contributed by atoms with Gasteiger partial charge in [-0.25, -0.2) is 4.79 Å². The van der Waals surface area contributed by atoms with Crippen LogP contribution in [0.5, 0.6) is 5.75 Å². The summed E-state index contributed by atoms with van der Waals surface area (Å²) >= 11 is 0. The van der Waals surface area contributed by atoms with Crippen molar-refractivity contribution < 1.29 is 19.4 Å². The smallest absolute Gasteiger partial charge is 0.337 e. The summed E-state index contributed by atoms with van der Waals surface area (Å²) in [6, 6.07) is 6.78. The number of esters is 1. The zero-order chi connectivity index (χ0) is 20.8. The molecule has 0 saturated heterocycles. The Morgan fingerprint density at radius 2 is 1.79 bits per heavy atom. The second-order valence-electron chi connectivity index (χ2n) is 9.33. The summed E-state index contributed by atoms with van der Waals surface area (Å²) in [5.41, 5.74) is 3.52. The summed E-state index contributed by atoms with van der Waals surface area (Å²) < 4.78 is 5.83. The standard InChI is InChI=1S/C24H29NO4/c1-14-20(23(28)29-17-6-4-5-7-17)21(15-8-10-16(26)11-9-15)22-18(25-14)12-24(2,3)13-19(22)27/h8-11,17,21,25-26H,4-7,12-13H2,1-3H3. The van der Waals surface area contributed by atoms with Crippen molar-refractivity contribution >= 4 is 11.8 Å². The van der Waals surface area contributed by atoms with E-state index in [9.17, 15) is 14.7 Å². The third kappa shape index (κ3) is 3.83. The second-order valence-corrected chi connectivity index (χ2v) is 9.33. The molecule has 1 heterocycles. The lowest BCUT2D eigenvalue weighted by Gasteiger charge is -2.39. The van der Waals surface area contributed by atoms with Crippen LogP contribution in [0.1, 0.15) is 70.8 Å². The molecule has 5 nitrogen and oxygen atoms in total. The lowest BCUT2D eigenvalue weighted by atomic mass is 9.68. The Labute approximate surface area is 171 Å². The van der Waals surface area contributed by atoms with E-state index in [0.717, 1.165) is 49.1 Å². The first-order valence-corrected chi connectivity index (χ1v) is 10.5. The van der Waals surface area contributed by atoms with Gasteiger partial charge in [-0.3, -0.25) is 4.79 Å². The van der Waals surface area contributed by atoms with Gasteiger partial charge in [-0.15, -0.1) is 0 Å². The SMILES string of the molecule is CC1=C(C(=O)OC2CCCC2)C(c2ccc(O)cc2)C2=C(CC(C)(C)CC2=O)N1. The van der Waals surface area contributed by atoms with Gasteiger partial charge in [0.1, 0.15) is 11.9 Å². The topological polar surface area (TPSA) is 75.6 Å². The molecule has 154 valence electrons. The molecule has 1 aromatic carbocycles. The van der Waals surface area contributed by atoms with Gasteiger partial charge in [0.15, 0.2) is 5.78 Å². The Morgan fingerprint density at radius 1 is 1.14 bits per heavy atom. The van der Waals surface area contributed by atoms with Gasteiger partial charge in [-0.05, 0) is 62.1 Å². The fourth-order valence-corrected chi connectivity index (χ4v) is 4.93. The number of allylic oxidation sites excluding steroid dienone is 3. The number of Topliss-reactive ketones (excluding diaryl/α,β-unsaturated/α-hetero) is 1. The van der Waals surface area contributed by atoms with Crippen LogP contribution in [0, 0.1) is 5.41 Å². The second kappa shape index (κ2) is 7.36. The predicted molar refractivity (Wildman–Crippen MR) is 110 cm³/mol. The number of ether oxygens (including phenoxy) is 1. The molecule has 5 heteroatoms. The minimum atomic E-state index is -0.468. The van der Waals surface area contributed by atoms with E-state index in [1.807, 2.05) is 6.92 Å². The number of phenolic OH excluding ortho intramolecular Hbond substituents is 1. The van der Waals surface area contributed by atoms with Gasteiger partial charge in [0.2, 0.25) is 0 Å². The van der Waals surface area contributed by atoms with Crippen LogP contribution < -0.4 is 5.32 Å². The number of aromatic hydroxyl groups is 1. The Balaban J connectivity index is 1.78. The Kier molecular flexibility index (Phi) is 5.01. The maximum Gasteiger partial charge on any atom is 0.337 e. The minimum absolute atomic E-state index is 0.0420. The quantitative estimate of drug-likeness (QED) is 0.738. The van der Waals surface area contributed by atoms with Gasteiger partial charge in [-0.2, -0.15) is 0 Å². The molecule has 0 spiro atoms. The van der Waals surface area contributed by atoms with Crippen LogP contribution in [0.2, 0.25) is 0 Å². The van der Waals surface area contributed by atoms with Crippen molar-refractivity contribution in [3.63, 3.8) is 0 Å². The van der Waals surface area contributed by atoms with Crippen molar-refractivity contribution in [3.05, 3.63) is 52.4 Å². The monoisotopic (exact) mass is 395 g/mol. The summed E-state index contributed by atoms with van der Waals surface area (Å²) in [5, 5.41) is 13.1. The summed E-state index contributed by atoms with van der Waals surface area (Å²) in [5.74, 6) is -0.585. The van der Waals surface area contributed by atoms with Gasteiger partial charge < -0.3 is 15.2 Å². The van der Waals surface area contributed by atoms with E-state index >= 15 is 0 Å². The molecular weight excluding hydrogens is 366 g/mol. The number of carbonyl (C=O) groups excluding carboxylic acids is 2. The van der Waals surface area contributed by atoms with E-state index in [4.69, 9.17) is 4.74 Å². The number of carbonyl (C=O) groups is 2. The van der Waals surface area contributed by atoms with E-state index in [2.05, 4.69) is 19.2 Å². The summed E-state index contributed by atoms with van der Waals surface area (Å²) in [7, 11) is 0. The average molecular weight is 395 g/mol. The predicted octanol–water partition coefficient (Wildman–Crippen LogP) is 4.48. The largest absolute Gasteiger partial charge is 0.508 e. The minimum Gasteiger partial charge on any atom is -0.508 e. The Hall–Kier alpha value is -2.56. The van der Waals surface area contributed by atoms with Gasteiger partial charge >= 0.3 is 5.97 Å². The molecule has 1 aromatic rings. The zero-order valence-electron chi connectivity index (χ0n) is 17.4. The highest BCUT2D eigenvalue weighted by atomic mass is 16.5. The van der Waals surface area contributed by atoms with Crippen molar-refractivity contribution in [3.8, 4) is 5.75 Å². The molecular formula is C24H29NO4. The van der Waals surface area contributed by atoms with Crippen molar-refractivity contribution in [1.29, 1.82) is 0 Å². The fourth-order valence-electron chi connectivity index (χ4n) is 4.93. The molecule has 29 heavy (non-hydrogen) atoms. The summed E-state index contributed by atoms with van der Waals surface area (Å²) in [6.07, 6.45) is 5.13. The number of rotatable bonds is 3. The van der Waals surface area contributed by atoms with Gasteiger partial charge in [0.05, 0.1) is 5.57 Å². The lowest BCUT2D eigenvalue weighted by molar-refractivity contribution is -0.144. The van der Waals surface area contributed by atoms with Crippen LogP contribution in [-0.2, 0) is 14.3 Å². The van der Waals surface area contributed by atoms with E-state index in [-0.39, 0.29) is 29.0 Å². The molecule has 2 N–H and O–H groups in total. The molecule has 0 aromatic heterocycles. The molecule has 0 bridgehead atoms. The molecule has 0 radical (unpaired) electrons. The molecule has 4 rings (SSSR count). The molecule has 1 fully saturated rings. The van der Waals surface area contributed by atoms with Crippen LogP contribution in [-0.4, -0.2) is 23.0 Å². The number of ketones is 1. The third-order valence-electron chi connectivity index (χ3n) is 6.26. The summed E-state index contributed by atoms with van der Waals surface area (Å²) in [4.78, 5) is 26.4. The van der Waals surface area contributed by atoms with E-state index in [1.165, 1.54) is 0 Å². The summed E-state index contributed by atoms with van der Waals surface area (Å²) in [6.45, 7) is 6.07. The average Bonchev–Trinajstić information content (AvgIpc) is 3.13. The molecule has 0 amide bonds. The first-order valence-electron chi connectivity index (χ1n) is 10.5. The van der Waals surface area contributed by atoms with Crippen molar-refractivity contribution in [1.82, 2.24) is 5.32 Å². The van der Waals surface area contributed by atoms with Gasteiger partial charge in [0.25, 0.3) is 0 Å². The van der Waals surface area contributed by atoms with Crippen LogP contribution in [0.4, 0.5) is 0 Å². The molecule has 3 aliphatic rings. The van der Waals surface area contributed by atoms with E-state index in [1.54, 1.807) is 24.3 Å². The highest BCUT2D eigenvalue weighted by Gasteiger charge is 2.43. The van der Waals surface area contributed by atoms with Crippen LogP contribution >= 0.6 is 0 Å². The van der Waals surface area contributed by atoms with Gasteiger partial charge in [0, 0.05) is 29.3 Å². The van der Waals surface area contributed by atoms with Crippen LogP contribution in [0.25, 0.3) is 0 Å². The van der Waals surface area contributed by atoms with Crippen molar-refractivity contribution in [2.24, 2.45) is 5.41 Å². The Morgan fingerprint density at radius 3 is 2.45 bits per heavy atom. The van der Waals surface area contributed by atoms with Gasteiger partial charge in [-0.1, -0.05) is 26.0 Å². The first-order chi connectivity index (χ1) is 13.7. The van der Waals surface area contributed by atoms with Crippen LogP contribution in [0.3, 0.4) is 0 Å². The number of dihydropyridines is 1. The first kappa shape index (κ1) is 19.7. The van der Waals surface area contributed by atoms with Crippen LogP contribution in [0.15, 0.2) is 46.8 Å². The van der Waals surface area contributed by atoms with E-state index in [0.29, 0.717) is 17.6 Å². The number of benzene rings is 1. The number of hydrogen-bond donors (Lipinski definition) is 2. The van der Waals surface area contributed by atoms with E-state index < -0.39 is 5.92 Å². The number of hydrogen-bond acceptors (Lipinski definition) is 5. The van der Waals surface area contributed by atoms with Crippen molar-refractivity contribution in [2.75, 3.05) is 0 Å². The highest BCUT2D eigenvalue weighted by molar-refractivity contribution is 6.04. The molecule has 1 saturated carbocycles. The Bertz CT molecular complexity index is 901. The molecule has 2 aliphatic carbocycles. The maximum absolute atomic E-state index is 13.2. The van der Waals surface area contributed by atoms with Crippen molar-refractivity contribution in [2.45, 2.75) is 71.3 Å². The fraction of sp³-hybridized carbons (Fsp3) is 0.500. The molecule has 1 atom stereocenters. The third-order valence-corrected chi connectivity index (χ3v) is 6.26. The number of phenols is 1. The highest BCUT2D eigenvalue weighted by Crippen LogP contribution is 2.47. The number of nitrogens with one attached hydrogen (secondary N) is 1. The maximum atomic E-state index is 13.2. The lowest BCUT2D eigenvalue weighted by Crippen LogP contribution is -2.39. The normalized spacial score (nSPS) is 24.4.